The Labute approximate surface area is 313 Å². The molecule has 0 radical (unpaired) electrons. The minimum Gasteiger partial charge on any atom is -0.456 e. The highest BCUT2D eigenvalue weighted by atomic mass is 16.5. The predicted molar refractivity (Wildman–Crippen MR) is 216 cm³/mol. The number of para-hydroxylation sites is 2. The lowest BCUT2D eigenvalue weighted by molar-refractivity contribution is 0.438. The summed E-state index contributed by atoms with van der Waals surface area (Å²) in [5, 5.41) is 2.31. The third kappa shape index (κ3) is 4.47. The van der Waals surface area contributed by atoms with Crippen LogP contribution in [0.5, 0.6) is 11.5 Å². The van der Waals surface area contributed by atoms with Gasteiger partial charge in [-0.1, -0.05) is 176 Å². The summed E-state index contributed by atoms with van der Waals surface area (Å²) in [5.41, 5.74) is 11.5. The molecule has 0 atom stereocenters. The van der Waals surface area contributed by atoms with E-state index in [1.54, 1.807) is 0 Å². The summed E-state index contributed by atoms with van der Waals surface area (Å²) in [4.78, 5) is 15.4. The number of hydrogen-bond acceptors (Lipinski definition) is 4. The second kappa shape index (κ2) is 11.9. The van der Waals surface area contributed by atoms with Gasteiger partial charge < -0.3 is 4.74 Å². The van der Waals surface area contributed by atoms with E-state index in [1.165, 1.54) is 27.6 Å². The summed E-state index contributed by atoms with van der Waals surface area (Å²) in [6.45, 7) is 0. The molecule has 54 heavy (non-hydrogen) atoms. The van der Waals surface area contributed by atoms with E-state index >= 15 is 0 Å². The number of nitrogens with zero attached hydrogens (tertiary/aromatic N) is 3. The van der Waals surface area contributed by atoms with Crippen LogP contribution in [0.1, 0.15) is 22.3 Å². The lowest BCUT2D eigenvalue weighted by Crippen LogP contribution is -2.32. The molecule has 1 spiro atoms. The van der Waals surface area contributed by atoms with Crippen molar-refractivity contribution in [2.75, 3.05) is 0 Å². The van der Waals surface area contributed by atoms with Crippen LogP contribution in [-0.4, -0.2) is 15.0 Å². The average Bonchev–Trinajstić information content (AvgIpc) is 3.54. The fourth-order valence-corrected chi connectivity index (χ4v) is 8.67. The van der Waals surface area contributed by atoms with Crippen LogP contribution in [0.2, 0.25) is 0 Å². The van der Waals surface area contributed by atoms with Crippen molar-refractivity contribution < 1.29 is 4.74 Å². The van der Waals surface area contributed by atoms with Crippen LogP contribution in [0.15, 0.2) is 188 Å². The maximum Gasteiger partial charge on any atom is 0.164 e. The number of aromatic nitrogens is 3. The number of rotatable bonds is 4. The Bertz CT molecular complexity index is 2890. The maximum atomic E-state index is 7.04. The van der Waals surface area contributed by atoms with E-state index in [2.05, 4.69) is 158 Å². The molecule has 0 fully saturated rings. The highest BCUT2D eigenvalue weighted by molar-refractivity contribution is 5.93. The fraction of sp³-hybridized carbons (Fsp3) is 0.0200. The largest absolute Gasteiger partial charge is 0.456 e. The van der Waals surface area contributed by atoms with Crippen molar-refractivity contribution in [1.82, 2.24) is 15.0 Å². The third-order valence-electron chi connectivity index (χ3n) is 11.0. The minimum absolute atomic E-state index is 0.556. The normalized spacial score (nSPS) is 13.1. The zero-order valence-corrected chi connectivity index (χ0v) is 29.1. The first-order chi connectivity index (χ1) is 26.8. The summed E-state index contributed by atoms with van der Waals surface area (Å²) in [6.07, 6.45) is 0. The van der Waals surface area contributed by atoms with Gasteiger partial charge in [-0.3, -0.25) is 0 Å². The van der Waals surface area contributed by atoms with E-state index in [9.17, 15) is 0 Å². The first-order valence-electron chi connectivity index (χ1n) is 18.3. The van der Waals surface area contributed by atoms with Crippen LogP contribution in [0.3, 0.4) is 0 Å². The molecule has 2 heterocycles. The summed E-state index contributed by atoms with van der Waals surface area (Å²) in [6, 6.07) is 66.0. The van der Waals surface area contributed by atoms with E-state index in [1.807, 2.05) is 30.3 Å². The molecule has 2 aliphatic rings. The molecule has 1 aliphatic carbocycles. The summed E-state index contributed by atoms with van der Waals surface area (Å²) < 4.78 is 7.04. The van der Waals surface area contributed by atoms with Crippen molar-refractivity contribution in [3.8, 4) is 67.9 Å². The van der Waals surface area contributed by atoms with Gasteiger partial charge in [0.2, 0.25) is 0 Å². The van der Waals surface area contributed by atoms with Crippen LogP contribution in [-0.2, 0) is 5.41 Å². The Morgan fingerprint density at radius 2 is 0.870 bits per heavy atom. The number of hydrogen-bond donors (Lipinski definition) is 0. The topological polar surface area (TPSA) is 47.9 Å². The molecule has 0 unspecified atom stereocenters. The van der Waals surface area contributed by atoms with Crippen LogP contribution < -0.4 is 4.74 Å². The summed E-state index contributed by atoms with van der Waals surface area (Å²) in [5.74, 6) is 3.53. The molecule has 1 aromatic heterocycles. The Hall–Kier alpha value is -7.17. The van der Waals surface area contributed by atoms with Crippen LogP contribution in [0.4, 0.5) is 0 Å². The molecule has 0 amide bonds. The first kappa shape index (κ1) is 30.5. The van der Waals surface area contributed by atoms with Crippen LogP contribution >= 0.6 is 0 Å². The van der Waals surface area contributed by atoms with Gasteiger partial charge >= 0.3 is 0 Å². The van der Waals surface area contributed by atoms with Crippen molar-refractivity contribution >= 4 is 10.8 Å². The van der Waals surface area contributed by atoms with Gasteiger partial charge in [-0.15, -0.1) is 0 Å². The zero-order chi connectivity index (χ0) is 35.6. The van der Waals surface area contributed by atoms with Crippen molar-refractivity contribution in [3.63, 3.8) is 0 Å². The second-order valence-corrected chi connectivity index (χ2v) is 13.9. The van der Waals surface area contributed by atoms with E-state index in [4.69, 9.17) is 19.7 Å². The standard InChI is InChI=1S/C50H31N3O/c1-2-16-33(17-3-1)47-51-48(35-30-29-32-15-4-5-18-34(32)31-35)53-49(52-47)40-22-7-6-19-36(40)39-23-14-27-44-46(39)54-45-28-13-12-26-43(45)50(44)41-24-10-8-20-37(41)38-21-9-11-25-42(38)50/h1-31H. The summed E-state index contributed by atoms with van der Waals surface area (Å²) >= 11 is 0. The van der Waals surface area contributed by atoms with Crippen molar-refractivity contribution in [2.45, 2.75) is 5.41 Å². The number of fused-ring (bicyclic) bond motifs is 10. The summed E-state index contributed by atoms with van der Waals surface area (Å²) in [7, 11) is 0. The van der Waals surface area contributed by atoms with Gasteiger partial charge in [0.15, 0.2) is 17.5 Å². The molecule has 252 valence electrons. The van der Waals surface area contributed by atoms with Gasteiger partial charge in [-0.25, -0.2) is 15.0 Å². The van der Waals surface area contributed by atoms with Gasteiger partial charge in [0, 0.05) is 33.4 Å². The molecule has 0 saturated carbocycles. The maximum absolute atomic E-state index is 7.04. The Morgan fingerprint density at radius 1 is 0.333 bits per heavy atom. The quantitative estimate of drug-likeness (QED) is 0.185. The molecule has 4 nitrogen and oxygen atoms in total. The highest BCUT2D eigenvalue weighted by Gasteiger charge is 2.51. The van der Waals surface area contributed by atoms with E-state index in [-0.39, 0.29) is 0 Å². The van der Waals surface area contributed by atoms with Gasteiger partial charge in [0.1, 0.15) is 11.5 Å². The smallest absolute Gasteiger partial charge is 0.164 e. The highest BCUT2D eigenvalue weighted by Crippen LogP contribution is 2.63. The molecule has 0 saturated heterocycles. The minimum atomic E-state index is -0.556. The molecule has 9 aromatic rings. The van der Waals surface area contributed by atoms with Gasteiger partial charge in [0.05, 0.1) is 5.41 Å². The van der Waals surface area contributed by atoms with Crippen molar-refractivity contribution in [1.29, 1.82) is 0 Å². The van der Waals surface area contributed by atoms with Gasteiger partial charge in [0.25, 0.3) is 0 Å². The first-order valence-corrected chi connectivity index (χ1v) is 18.3. The van der Waals surface area contributed by atoms with Gasteiger partial charge in [-0.2, -0.15) is 0 Å². The molecule has 0 bridgehead atoms. The molecule has 0 N–H and O–H groups in total. The predicted octanol–water partition coefficient (Wildman–Crippen LogP) is 12.2. The lowest BCUT2D eigenvalue weighted by Gasteiger charge is -2.40. The molecule has 11 rings (SSSR count). The molecular formula is C50H31N3O. The molecular weight excluding hydrogens is 659 g/mol. The second-order valence-electron chi connectivity index (χ2n) is 13.9. The SMILES string of the molecule is c1ccc(-c2nc(-c3ccc4ccccc4c3)nc(-c3ccccc3-c3cccc4c3Oc3ccccc3C43c4ccccc4-c4ccccc43)n2)cc1. The third-order valence-corrected chi connectivity index (χ3v) is 11.0. The number of benzene rings is 8. The monoisotopic (exact) mass is 689 g/mol. The Kier molecular flexibility index (Phi) is 6.73. The van der Waals surface area contributed by atoms with Crippen LogP contribution in [0, 0.1) is 0 Å². The molecule has 4 heteroatoms. The van der Waals surface area contributed by atoms with Crippen LogP contribution in [0.25, 0.3) is 67.2 Å². The van der Waals surface area contributed by atoms with E-state index in [0.29, 0.717) is 17.5 Å². The lowest BCUT2D eigenvalue weighted by atomic mass is 9.65. The zero-order valence-electron chi connectivity index (χ0n) is 29.1. The van der Waals surface area contributed by atoms with Crippen molar-refractivity contribution in [3.05, 3.63) is 210 Å². The molecule has 1 aliphatic heterocycles. The fourth-order valence-electron chi connectivity index (χ4n) is 8.67. The van der Waals surface area contributed by atoms with Crippen molar-refractivity contribution in [2.24, 2.45) is 0 Å². The van der Waals surface area contributed by atoms with E-state index in [0.717, 1.165) is 55.8 Å². The van der Waals surface area contributed by atoms with Gasteiger partial charge in [-0.05, 0) is 50.7 Å². The average molecular weight is 690 g/mol. The van der Waals surface area contributed by atoms with E-state index < -0.39 is 5.41 Å². The molecule has 8 aromatic carbocycles. The number of ether oxygens (including phenoxy) is 1. The Morgan fingerprint density at radius 3 is 1.63 bits per heavy atom. The Balaban J connectivity index is 1.15.